The van der Waals surface area contributed by atoms with Crippen molar-refractivity contribution in [2.24, 2.45) is 12.8 Å². The minimum Gasteiger partial charge on any atom is -0.353 e. The van der Waals surface area contributed by atoms with Gasteiger partial charge in [0.2, 0.25) is 5.95 Å². The predicted molar refractivity (Wildman–Crippen MR) is 120 cm³/mol. The van der Waals surface area contributed by atoms with Crippen molar-refractivity contribution in [3.63, 3.8) is 0 Å². The molecule has 7 nitrogen and oxygen atoms in total. The highest BCUT2D eigenvalue weighted by molar-refractivity contribution is 7.17. The van der Waals surface area contributed by atoms with Crippen LogP contribution < -0.4 is 16.0 Å². The standard InChI is InChI=1S/C21H26N6OS/c1-13(7-9-22)23-20-24-19-18(25(20)3)14(2)27(21(28)26(19)4)12-15-5-6-17-16(11-15)8-10-29-17/h5-6,8,10-11,13H,2,7,9,12,22H2,1,3-4H3,(H,23,24)/t13-/m0/s1. The van der Waals surface area contributed by atoms with Gasteiger partial charge in [0, 0.05) is 24.8 Å². The quantitative estimate of drug-likeness (QED) is 0.647. The van der Waals surface area contributed by atoms with E-state index in [1.165, 1.54) is 10.1 Å². The zero-order valence-corrected chi connectivity index (χ0v) is 17.8. The Morgan fingerprint density at radius 2 is 2.10 bits per heavy atom. The lowest BCUT2D eigenvalue weighted by molar-refractivity contribution is 0.222. The van der Waals surface area contributed by atoms with E-state index in [2.05, 4.69) is 53.4 Å². The first-order valence-electron chi connectivity index (χ1n) is 9.64. The Morgan fingerprint density at radius 1 is 1.31 bits per heavy atom. The number of nitrogens with two attached hydrogens (primary N) is 1. The smallest absolute Gasteiger partial charge is 0.330 e. The molecule has 152 valence electrons. The van der Waals surface area contributed by atoms with Crippen LogP contribution in [0.2, 0.25) is 0 Å². The molecule has 3 aromatic rings. The van der Waals surface area contributed by atoms with Crippen LogP contribution in [0.3, 0.4) is 0 Å². The van der Waals surface area contributed by atoms with Crippen LogP contribution in [0.25, 0.3) is 15.8 Å². The second-order valence-electron chi connectivity index (χ2n) is 7.46. The van der Waals surface area contributed by atoms with Gasteiger partial charge >= 0.3 is 6.03 Å². The van der Waals surface area contributed by atoms with Gasteiger partial charge in [0.15, 0.2) is 5.82 Å². The van der Waals surface area contributed by atoms with E-state index in [0.717, 1.165) is 17.7 Å². The van der Waals surface area contributed by atoms with Crippen LogP contribution in [0.1, 0.15) is 24.6 Å². The van der Waals surface area contributed by atoms with Crippen LogP contribution in [-0.4, -0.2) is 40.1 Å². The molecular weight excluding hydrogens is 384 g/mol. The molecule has 0 aliphatic carbocycles. The first kappa shape index (κ1) is 19.5. The summed E-state index contributed by atoms with van der Waals surface area (Å²) in [6.07, 6.45) is 0.838. The summed E-state index contributed by atoms with van der Waals surface area (Å²) in [5.41, 5.74) is 8.22. The van der Waals surface area contributed by atoms with E-state index in [0.29, 0.717) is 30.6 Å². The molecule has 29 heavy (non-hydrogen) atoms. The number of fused-ring (bicyclic) bond motifs is 2. The fourth-order valence-corrected chi connectivity index (χ4v) is 4.46. The molecule has 1 aromatic carbocycles. The van der Waals surface area contributed by atoms with E-state index in [1.807, 2.05) is 11.6 Å². The number of hydrogen-bond donors (Lipinski definition) is 2. The first-order chi connectivity index (χ1) is 13.9. The van der Waals surface area contributed by atoms with E-state index >= 15 is 0 Å². The van der Waals surface area contributed by atoms with E-state index in [1.54, 1.807) is 28.2 Å². The molecule has 0 saturated carbocycles. The average molecular weight is 411 g/mol. The van der Waals surface area contributed by atoms with Gasteiger partial charge in [-0.15, -0.1) is 11.3 Å². The lowest BCUT2D eigenvalue weighted by atomic mass is 10.1. The molecule has 2 aromatic heterocycles. The maximum Gasteiger partial charge on any atom is 0.330 e. The summed E-state index contributed by atoms with van der Waals surface area (Å²) < 4.78 is 3.20. The monoisotopic (exact) mass is 410 g/mol. The third kappa shape index (κ3) is 3.38. The van der Waals surface area contributed by atoms with E-state index in [-0.39, 0.29) is 12.1 Å². The molecule has 1 atom stereocenters. The van der Waals surface area contributed by atoms with Gasteiger partial charge in [-0.25, -0.2) is 4.79 Å². The number of imidazole rings is 1. The summed E-state index contributed by atoms with van der Waals surface area (Å²) in [6, 6.07) is 8.46. The van der Waals surface area contributed by atoms with E-state index in [9.17, 15) is 4.79 Å². The van der Waals surface area contributed by atoms with Crippen molar-refractivity contribution in [1.29, 1.82) is 0 Å². The molecule has 2 amide bonds. The number of amides is 2. The number of thiophene rings is 1. The molecule has 0 fully saturated rings. The van der Waals surface area contributed by atoms with Crippen molar-refractivity contribution in [1.82, 2.24) is 14.5 Å². The maximum absolute atomic E-state index is 13.1. The van der Waals surface area contributed by atoms with Crippen LogP contribution in [-0.2, 0) is 13.6 Å². The highest BCUT2D eigenvalue weighted by Crippen LogP contribution is 2.37. The van der Waals surface area contributed by atoms with Gasteiger partial charge in [0.25, 0.3) is 0 Å². The van der Waals surface area contributed by atoms with Crippen LogP contribution in [0.4, 0.5) is 16.6 Å². The van der Waals surface area contributed by atoms with E-state index < -0.39 is 0 Å². The molecule has 3 heterocycles. The third-order valence-corrected chi connectivity index (χ3v) is 6.24. The van der Waals surface area contributed by atoms with Gasteiger partial charge in [-0.3, -0.25) is 9.80 Å². The summed E-state index contributed by atoms with van der Waals surface area (Å²) in [6.45, 7) is 7.36. The van der Waals surface area contributed by atoms with Gasteiger partial charge in [-0.2, -0.15) is 4.98 Å². The molecule has 0 saturated heterocycles. The number of nitrogens with zero attached hydrogens (tertiary/aromatic N) is 4. The molecule has 8 heteroatoms. The summed E-state index contributed by atoms with van der Waals surface area (Å²) in [7, 11) is 3.69. The number of rotatable bonds is 6. The highest BCUT2D eigenvalue weighted by atomic mass is 32.1. The second-order valence-corrected chi connectivity index (χ2v) is 8.40. The zero-order valence-electron chi connectivity index (χ0n) is 17.0. The van der Waals surface area contributed by atoms with Crippen molar-refractivity contribution < 1.29 is 4.79 Å². The highest BCUT2D eigenvalue weighted by Gasteiger charge is 2.35. The minimum absolute atomic E-state index is 0.132. The molecule has 0 spiro atoms. The lowest BCUT2D eigenvalue weighted by Crippen LogP contribution is -2.44. The van der Waals surface area contributed by atoms with Crippen molar-refractivity contribution in [3.05, 3.63) is 47.5 Å². The Morgan fingerprint density at radius 3 is 2.86 bits per heavy atom. The Kier molecular flexibility index (Phi) is 5.06. The average Bonchev–Trinajstić information content (AvgIpc) is 3.28. The number of carbonyl (C=O) groups excluding carboxylic acids is 1. The number of nitrogens with one attached hydrogen (secondary N) is 1. The first-order valence-corrected chi connectivity index (χ1v) is 10.5. The van der Waals surface area contributed by atoms with Gasteiger partial charge in [0.1, 0.15) is 5.69 Å². The lowest BCUT2D eigenvalue weighted by Gasteiger charge is -2.34. The molecule has 3 N–H and O–H groups in total. The maximum atomic E-state index is 13.1. The SMILES string of the molecule is C=C1c2c(nc(N[C@@H](C)CCN)n2C)N(C)C(=O)N1Cc1ccc2sccc2c1. The summed E-state index contributed by atoms with van der Waals surface area (Å²) >= 11 is 1.71. The summed E-state index contributed by atoms with van der Waals surface area (Å²) in [5.74, 6) is 1.33. The predicted octanol–water partition coefficient (Wildman–Crippen LogP) is 3.83. The van der Waals surface area contributed by atoms with Gasteiger partial charge in [-0.05, 0) is 54.4 Å². The number of hydrogen-bond acceptors (Lipinski definition) is 5. The molecule has 1 aliphatic heterocycles. The van der Waals surface area contributed by atoms with E-state index in [4.69, 9.17) is 5.73 Å². The minimum atomic E-state index is -0.132. The van der Waals surface area contributed by atoms with Crippen LogP contribution >= 0.6 is 11.3 Å². The zero-order chi connectivity index (χ0) is 20.7. The normalized spacial score (nSPS) is 15.2. The fraction of sp³-hybridized carbons (Fsp3) is 0.333. The third-order valence-electron chi connectivity index (χ3n) is 5.34. The van der Waals surface area contributed by atoms with Crippen molar-refractivity contribution in [2.45, 2.75) is 25.9 Å². The molecule has 0 bridgehead atoms. The van der Waals surface area contributed by atoms with Gasteiger partial charge < -0.3 is 15.6 Å². The Hall–Kier alpha value is -2.84. The topological polar surface area (TPSA) is 79.4 Å². The molecule has 4 rings (SSSR count). The summed E-state index contributed by atoms with van der Waals surface area (Å²) in [4.78, 5) is 21.0. The Balaban J connectivity index is 1.65. The fourth-order valence-electron chi connectivity index (χ4n) is 3.69. The number of carbonyl (C=O) groups is 1. The van der Waals surface area contributed by atoms with Crippen LogP contribution in [0, 0.1) is 0 Å². The number of aromatic nitrogens is 2. The number of benzene rings is 1. The van der Waals surface area contributed by atoms with Crippen molar-refractivity contribution in [3.8, 4) is 0 Å². The van der Waals surface area contributed by atoms with Gasteiger partial charge in [-0.1, -0.05) is 12.6 Å². The van der Waals surface area contributed by atoms with Gasteiger partial charge in [0.05, 0.1) is 12.2 Å². The molecule has 0 unspecified atom stereocenters. The number of anilines is 2. The van der Waals surface area contributed by atoms with Crippen LogP contribution in [0.15, 0.2) is 36.2 Å². The Bertz CT molecular complexity index is 1080. The second kappa shape index (κ2) is 7.53. The molecule has 1 aliphatic rings. The van der Waals surface area contributed by atoms with Crippen molar-refractivity contribution in [2.75, 3.05) is 23.8 Å². The van der Waals surface area contributed by atoms with Crippen molar-refractivity contribution >= 4 is 44.9 Å². The largest absolute Gasteiger partial charge is 0.353 e. The Labute approximate surface area is 174 Å². The summed E-state index contributed by atoms with van der Waals surface area (Å²) in [5, 5.41) is 6.65. The molecular formula is C21H26N6OS. The number of urea groups is 1. The molecule has 0 radical (unpaired) electrons. The van der Waals surface area contributed by atoms with Crippen LogP contribution in [0.5, 0.6) is 0 Å².